The van der Waals surface area contributed by atoms with Crippen LogP contribution in [-0.2, 0) is 0 Å². The molecule has 6 nitrogen and oxygen atoms in total. The van der Waals surface area contributed by atoms with Crippen LogP contribution in [0.4, 0.5) is 5.95 Å². The molecule has 1 heterocycles. The van der Waals surface area contributed by atoms with Crippen LogP contribution in [0.15, 0.2) is 9.59 Å². The van der Waals surface area contributed by atoms with Crippen LogP contribution in [0.25, 0.3) is 0 Å². The van der Waals surface area contributed by atoms with Gasteiger partial charge >= 0.3 is 11.4 Å². The number of nitrogens with zero attached hydrogens (tertiary/aromatic N) is 2. The van der Waals surface area contributed by atoms with Gasteiger partial charge < -0.3 is 4.90 Å². The Morgan fingerprint density at radius 2 is 1.65 bits per heavy atom. The second-order valence-electron chi connectivity index (χ2n) is 4.01. The van der Waals surface area contributed by atoms with Crippen LogP contribution in [0.3, 0.4) is 0 Å². The first-order valence-electron chi connectivity index (χ1n) is 6.13. The molecule has 0 aliphatic carbocycles. The Morgan fingerprint density at radius 1 is 1.06 bits per heavy atom. The lowest BCUT2D eigenvalue weighted by molar-refractivity contribution is 0.656. The number of unbranched alkanes of at least 4 members (excludes halogenated alkanes) is 2. The summed E-state index contributed by atoms with van der Waals surface area (Å²) < 4.78 is 0. The smallest absolute Gasteiger partial charge is 0.342 e. The second-order valence-corrected chi connectivity index (χ2v) is 4.01. The molecule has 1 aromatic rings. The molecule has 0 radical (unpaired) electrons. The Hall–Kier alpha value is -1.59. The van der Waals surface area contributed by atoms with E-state index in [9.17, 15) is 9.59 Å². The van der Waals surface area contributed by atoms with E-state index in [4.69, 9.17) is 0 Å². The highest BCUT2D eigenvalue weighted by atomic mass is 16.2. The van der Waals surface area contributed by atoms with Gasteiger partial charge in [0.05, 0.1) is 0 Å². The van der Waals surface area contributed by atoms with Crippen LogP contribution in [0.2, 0.25) is 0 Å². The molecule has 1 rings (SSSR count). The number of rotatable bonds is 7. The fraction of sp³-hybridized carbons (Fsp3) is 0.727. The quantitative estimate of drug-likeness (QED) is 0.740. The van der Waals surface area contributed by atoms with E-state index in [1.165, 1.54) is 0 Å². The number of aromatic amines is 2. The summed E-state index contributed by atoms with van der Waals surface area (Å²) in [7, 11) is 0. The molecule has 96 valence electrons. The number of nitrogens with one attached hydrogen (secondary N) is 2. The molecule has 0 aromatic carbocycles. The molecular formula is C11H20N4O2. The average molecular weight is 240 g/mol. The van der Waals surface area contributed by atoms with Crippen molar-refractivity contribution < 1.29 is 0 Å². The first kappa shape index (κ1) is 13.5. The minimum absolute atomic E-state index is 0.376. The zero-order chi connectivity index (χ0) is 12.7. The molecule has 0 aliphatic rings. The van der Waals surface area contributed by atoms with E-state index in [2.05, 4.69) is 28.8 Å². The van der Waals surface area contributed by atoms with E-state index in [0.29, 0.717) is 5.95 Å². The second kappa shape index (κ2) is 6.88. The zero-order valence-electron chi connectivity index (χ0n) is 10.5. The van der Waals surface area contributed by atoms with Crippen molar-refractivity contribution in [3.8, 4) is 0 Å². The molecule has 0 fully saturated rings. The number of hydrogen-bond acceptors (Lipinski definition) is 4. The highest BCUT2D eigenvalue weighted by Gasteiger charge is 2.08. The first-order valence-corrected chi connectivity index (χ1v) is 6.13. The largest absolute Gasteiger partial charge is 0.352 e. The third-order valence-electron chi connectivity index (χ3n) is 2.52. The maximum Gasteiger partial charge on any atom is 0.352 e. The van der Waals surface area contributed by atoms with Crippen LogP contribution < -0.4 is 16.3 Å². The molecule has 0 amide bonds. The van der Waals surface area contributed by atoms with Gasteiger partial charge in [0.25, 0.3) is 0 Å². The van der Waals surface area contributed by atoms with Gasteiger partial charge in [0.1, 0.15) is 0 Å². The number of H-pyrrole nitrogens is 2. The summed E-state index contributed by atoms with van der Waals surface area (Å²) >= 11 is 0. The van der Waals surface area contributed by atoms with Crippen molar-refractivity contribution in [3.63, 3.8) is 0 Å². The molecule has 0 saturated carbocycles. The fourth-order valence-electron chi connectivity index (χ4n) is 1.55. The highest BCUT2D eigenvalue weighted by molar-refractivity contribution is 5.26. The van der Waals surface area contributed by atoms with Crippen molar-refractivity contribution in [2.45, 2.75) is 39.5 Å². The van der Waals surface area contributed by atoms with Gasteiger partial charge in [-0.2, -0.15) is 4.98 Å². The SMILES string of the molecule is CCCCN(CCCC)c1nc(=O)[nH]c(=O)[nH]1. The van der Waals surface area contributed by atoms with Gasteiger partial charge in [-0.15, -0.1) is 0 Å². The predicted octanol–water partition coefficient (Wildman–Crippen LogP) is 0.865. The van der Waals surface area contributed by atoms with Crippen molar-refractivity contribution in [1.29, 1.82) is 0 Å². The molecular weight excluding hydrogens is 220 g/mol. The van der Waals surface area contributed by atoms with Crippen molar-refractivity contribution >= 4 is 5.95 Å². The summed E-state index contributed by atoms with van der Waals surface area (Å²) in [6.45, 7) is 5.82. The standard InChI is InChI=1S/C11H20N4O2/c1-3-5-7-15(8-6-4-2)9-12-10(16)14-11(17)13-9/h3-8H2,1-2H3,(H2,12,13,14,16,17). The van der Waals surface area contributed by atoms with Gasteiger partial charge in [0.2, 0.25) is 5.95 Å². The van der Waals surface area contributed by atoms with Crippen LogP contribution >= 0.6 is 0 Å². The average Bonchev–Trinajstić information content (AvgIpc) is 2.28. The van der Waals surface area contributed by atoms with Gasteiger partial charge in [-0.05, 0) is 12.8 Å². The van der Waals surface area contributed by atoms with E-state index >= 15 is 0 Å². The van der Waals surface area contributed by atoms with Crippen molar-refractivity contribution in [3.05, 3.63) is 21.0 Å². The topological polar surface area (TPSA) is 81.8 Å². The summed E-state index contributed by atoms with van der Waals surface area (Å²) in [5.41, 5.74) is -1.10. The monoisotopic (exact) mass is 240 g/mol. The lowest BCUT2D eigenvalue weighted by Crippen LogP contribution is -2.34. The summed E-state index contributed by atoms with van der Waals surface area (Å²) in [5.74, 6) is 0.376. The summed E-state index contributed by atoms with van der Waals surface area (Å²) in [6.07, 6.45) is 4.16. The van der Waals surface area contributed by atoms with E-state index in [-0.39, 0.29) is 0 Å². The number of anilines is 1. The summed E-state index contributed by atoms with van der Waals surface area (Å²) in [4.78, 5) is 32.7. The molecule has 0 bridgehead atoms. The minimum Gasteiger partial charge on any atom is -0.342 e. The molecule has 0 spiro atoms. The van der Waals surface area contributed by atoms with Crippen molar-refractivity contribution in [1.82, 2.24) is 15.0 Å². The molecule has 0 aliphatic heterocycles. The van der Waals surface area contributed by atoms with E-state index < -0.39 is 11.4 Å². The van der Waals surface area contributed by atoms with Crippen LogP contribution in [0.5, 0.6) is 0 Å². The molecule has 0 atom stereocenters. The summed E-state index contributed by atoms with van der Waals surface area (Å²) in [5, 5.41) is 0. The molecule has 0 saturated heterocycles. The predicted molar refractivity (Wildman–Crippen MR) is 67.5 cm³/mol. The third kappa shape index (κ3) is 4.42. The van der Waals surface area contributed by atoms with Gasteiger partial charge in [0.15, 0.2) is 0 Å². The Morgan fingerprint density at radius 3 is 2.12 bits per heavy atom. The normalized spacial score (nSPS) is 10.5. The fourth-order valence-corrected chi connectivity index (χ4v) is 1.55. The third-order valence-corrected chi connectivity index (χ3v) is 2.52. The van der Waals surface area contributed by atoms with Crippen LogP contribution in [0.1, 0.15) is 39.5 Å². The van der Waals surface area contributed by atoms with Crippen molar-refractivity contribution in [2.75, 3.05) is 18.0 Å². The van der Waals surface area contributed by atoms with Gasteiger partial charge in [-0.25, -0.2) is 9.59 Å². The number of aromatic nitrogens is 3. The first-order chi connectivity index (χ1) is 8.17. The zero-order valence-corrected chi connectivity index (χ0v) is 10.5. The molecule has 1 aromatic heterocycles. The molecule has 17 heavy (non-hydrogen) atoms. The maximum atomic E-state index is 11.2. The van der Waals surface area contributed by atoms with Gasteiger partial charge in [0, 0.05) is 13.1 Å². The Balaban J connectivity index is 2.86. The van der Waals surface area contributed by atoms with Gasteiger partial charge in [-0.1, -0.05) is 26.7 Å². The lowest BCUT2D eigenvalue weighted by Gasteiger charge is -2.21. The molecule has 2 N–H and O–H groups in total. The highest BCUT2D eigenvalue weighted by Crippen LogP contribution is 2.06. The number of hydrogen-bond donors (Lipinski definition) is 2. The Bertz CT molecular complexity index is 401. The molecule has 0 unspecified atom stereocenters. The van der Waals surface area contributed by atoms with Crippen LogP contribution in [0, 0.1) is 0 Å². The Kier molecular flexibility index (Phi) is 5.45. The Labute approximate surface area is 100 Å². The molecule has 6 heteroatoms. The minimum atomic E-state index is -0.596. The van der Waals surface area contributed by atoms with E-state index in [1.54, 1.807) is 0 Å². The van der Waals surface area contributed by atoms with Gasteiger partial charge in [-0.3, -0.25) is 9.97 Å². The van der Waals surface area contributed by atoms with E-state index in [0.717, 1.165) is 38.8 Å². The maximum absolute atomic E-state index is 11.2. The summed E-state index contributed by atoms with van der Waals surface area (Å²) in [6, 6.07) is 0. The van der Waals surface area contributed by atoms with Crippen LogP contribution in [-0.4, -0.2) is 28.0 Å². The van der Waals surface area contributed by atoms with E-state index in [1.807, 2.05) is 4.90 Å². The van der Waals surface area contributed by atoms with Crippen molar-refractivity contribution in [2.24, 2.45) is 0 Å². The lowest BCUT2D eigenvalue weighted by atomic mass is 10.3.